The van der Waals surface area contributed by atoms with E-state index in [4.69, 9.17) is 5.73 Å². The van der Waals surface area contributed by atoms with Crippen molar-refractivity contribution in [3.8, 4) is 0 Å². The van der Waals surface area contributed by atoms with E-state index in [1.807, 2.05) is 12.1 Å². The summed E-state index contributed by atoms with van der Waals surface area (Å²) in [5.74, 6) is -0.0649. The monoisotopic (exact) mass is 326 g/mol. The van der Waals surface area contributed by atoms with Gasteiger partial charge in [-0.15, -0.1) is 12.4 Å². The number of nitrogens with one attached hydrogen (secondary N) is 3. The Morgan fingerprint density at radius 2 is 2.00 bits per heavy atom. The first kappa shape index (κ1) is 18.3. The zero-order valence-electron chi connectivity index (χ0n) is 12.6. The fraction of sp³-hybridized carbons (Fsp3) is 0.467. The van der Waals surface area contributed by atoms with Crippen LogP contribution < -0.4 is 21.7 Å². The molecule has 0 aliphatic carbocycles. The van der Waals surface area contributed by atoms with E-state index in [1.165, 1.54) is 0 Å². The molecule has 1 aromatic carbocycles. The molecule has 122 valence electrons. The number of hydrogen-bond donors (Lipinski definition) is 4. The van der Waals surface area contributed by atoms with Crippen LogP contribution in [0, 0.1) is 0 Å². The van der Waals surface area contributed by atoms with E-state index in [1.54, 1.807) is 12.1 Å². The summed E-state index contributed by atoms with van der Waals surface area (Å²) in [6, 6.07) is 7.04. The van der Waals surface area contributed by atoms with Crippen molar-refractivity contribution in [3.63, 3.8) is 0 Å². The van der Waals surface area contributed by atoms with Crippen LogP contribution in [0.3, 0.4) is 0 Å². The summed E-state index contributed by atoms with van der Waals surface area (Å²) in [6.07, 6.45) is 2.08. The summed E-state index contributed by atoms with van der Waals surface area (Å²) in [7, 11) is 0. The largest absolute Gasteiger partial charge is 0.352 e. The lowest BCUT2D eigenvalue weighted by molar-refractivity contribution is 0.0920. The standard InChI is InChI=1S/C15H22N4O2.ClH/c1-10-13(3-2-8-17-10)19-14(20)12-6-4-11(5-7-12)9-18-15(16)21;/h4-7,10,13,17H,2-3,8-9H2,1H3,(H,19,20)(H3,16,18,21);1H. The Bertz CT molecular complexity index is 507. The zero-order chi connectivity index (χ0) is 15.2. The van der Waals surface area contributed by atoms with Gasteiger partial charge in [0.2, 0.25) is 0 Å². The van der Waals surface area contributed by atoms with Crippen molar-refractivity contribution in [2.24, 2.45) is 5.73 Å². The number of nitrogens with two attached hydrogens (primary N) is 1. The molecule has 0 aromatic heterocycles. The van der Waals surface area contributed by atoms with Gasteiger partial charge < -0.3 is 21.7 Å². The molecule has 6 nitrogen and oxygen atoms in total. The average Bonchev–Trinajstić information content (AvgIpc) is 2.48. The lowest BCUT2D eigenvalue weighted by Gasteiger charge is -2.30. The van der Waals surface area contributed by atoms with Crippen molar-refractivity contribution < 1.29 is 9.59 Å². The summed E-state index contributed by atoms with van der Waals surface area (Å²) in [6.45, 7) is 3.46. The molecule has 1 aliphatic heterocycles. The minimum Gasteiger partial charge on any atom is -0.352 e. The molecule has 3 amide bonds. The second-order valence-corrected chi connectivity index (χ2v) is 5.38. The molecule has 0 saturated carbocycles. The molecule has 0 radical (unpaired) electrons. The molecule has 1 heterocycles. The van der Waals surface area contributed by atoms with Crippen LogP contribution in [0.1, 0.15) is 35.7 Å². The van der Waals surface area contributed by atoms with Gasteiger partial charge in [0.05, 0.1) is 0 Å². The molecular weight excluding hydrogens is 304 g/mol. The van der Waals surface area contributed by atoms with Gasteiger partial charge >= 0.3 is 6.03 Å². The number of halogens is 1. The number of rotatable bonds is 4. The number of benzene rings is 1. The Balaban J connectivity index is 0.00000242. The Kier molecular flexibility index (Phi) is 7.14. The summed E-state index contributed by atoms with van der Waals surface area (Å²) in [5, 5.41) is 8.93. The van der Waals surface area contributed by atoms with Crippen molar-refractivity contribution >= 4 is 24.3 Å². The first-order valence-corrected chi connectivity index (χ1v) is 7.23. The third-order valence-corrected chi connectivity index (χ3v) is 3.76. The van der Waals surface area contributed by atoms with Gasteiger partial charge in [-0.25, -0.2) is 4.79 Å². The van der Waals surface area contributed by atoms with Crippen LogP contribution in [-0.4, -0.2) is 30.6 Å². The van der Waals surface area contributed by atoms with E-state index >= 15 is 0 Å². The van der Waals surface area contributed by atoms with Gasteiger partial charge in [0, 0.05) is 24.2 Å². The highest BCUT2D eigenvalue weighted by molar-refractivity contribution is 5.94. The molecule has 1 fully saturated rings. The maximum Gasteiger partial charge on any atom is 0.312 e. The van der Waals surface area contributed by atoms with Gasteiger partial charge in [-0.1, -0.05) is 12.1 Å². The number of primary amides is 1. The average molecular weight is 327 g/mol. The number of urea groups is 1. The molecule has 0 bridgehead atoms. The van der Waals surface area contributed by atoms with E-state index in [0.29, 0.717) is 18.2 Å². The molecule has 0 spiro atoms. The van der Waals surface area contributed by atoms with Crippen LogP contribution in [0.15, 0.2) is 24.3 Å². The number of hydrogen-bond acceptors (Lipinski definition) is 3. The fourth-order valence-electron chi connectivity index (χ4n) is 2.46. The lowest BCUT2D eigenvalue weighted by atomic mass is 9.99. The van der Waals surface area contributed by atoms with Gasteiger partial charge in [-0.3, -0.25) is 4.79 Å². The summed E-state index contributed by atoms with van der Waals surface area (Å²) in [5.41, 5.74) is 6.54. The Hall–Kier alpha value is -1.79. The second kappa shape index (κ2) is 8.60. The molecule has 1 saturated heterocycles. The molecule has 2 rings (SSSR count). The third kappa shape index (κ3) is 5.20. The number of piperidine rings is 1. The van der Waals surface area contributed by atoms with Crippen LogP contribution in [-0.2, 0) is 6.54 Å². The zero-order valence-corrected chi connectivity index (χ0v) is 13.4. The van der Waals surface area contributed by atoms with Gasteiger partial charge in [0.25, 0.3) is 5.91 Å². The van der Waals surface area contributed by atoms with E-state index < -0.39 is 6.03 Å². The number of carbonyl (C=O) groups is 2. The summed E-state index contributed by atoms with van der Waals surface area (Å²) < 4.78 is 0. The second-order valence-electron chi connectivity index (χ2n) is 5.38. The normalized spacial score (nSPS) is 20.6. The summed E-state index contributed by atoms with van der Waals surface area (Å²) >= 11 is 0. The highest BCUT2D eigenvalue weighted by Crippen LogP contribution is 2.10. The number of carbonyl (C=O) groups excluding carboxylic acids is 2. The first-order chi connectivity index (χ1) is 10.1. The van der Waals surface area contributed by atoms with Crippen LogP contribution in [0.4, 0.5) is 4.79 Å². The minimum atomic E-state index is -0.560. The Morgan fingerprint density at radius 3 is 2.59 bits per heavy atom. The highest BCUT2D eigenvalue weighted by atomic mass is 35.5. The van der Waals surface area contributed by atoms with Crippen LogP contribution in [0.2, 0.25) is 0 Å². The van der Waals surface area contributed by atoms with Crippen LogP contribution in [0.5, 0.6) is 0 Å². The minimum absolute atomic E-state index is 0. The topological polar surface area (TPSA) is 96.2 Å². The smallest absolute Gasteiger partial charge is 0.312 e. The van der Waals surface area contributed by atoms with Crippen molar-refractivity contribution in [2.45, 2.75) is 38.4 Å². The predicted molar refractivity (Wildman–Crippen MR) is 88.1 cm³/mol. The first-order valence-electron chi connectivity index (χ1n) is 7.23. The van der Waals surface area contributed by atoms with E-state index in [-0.39, 0.29) is 24.4 Å². The fourth-order valence-corrected chi connectivity index (χ4v) is 2.46. The van der Waals surface area contributed by atoms with E-state index in [2.05, 4.69) is 22.9 Å². The quantitative estimate of drug-likeness (QED) is 0.668. The van der Waals surface area contributed by atoms with Crippen molar-refractivity contribution in [1.29, 1.82) is 0 Å². The predicted octanol–water partition coefficient (Wildman–Crippen LogP) is 1.15. The lowest BCUT2D eigenvalue weighted by Crippen LogP contribution is -2.51. The molecular formula is C15H23ClN4O2. The van der Waals surface area contributed by atoms with Crippen molar-refractivity contribution in [3.05, 3.63) is 35.4 Å². The molecule has 1 aromatic rings. The summed E-state index contributed by atoms with van der Waals surface area (Å²) in [4.78, 5) is 22.8. The van der Waals surface area contributed by atoms with Crippen molar-refractivity contribution in [2.75, 3.05) is 6.54 Å². The number of amides is 3. The maximum absolute atomic E-state index is 12.2. The molecule has 2 unspecified atom stereocenters. The van der Waals surface area contributed by atoms with Crippen LogP contribution in [0.25, 0.3) is 0 Å². The molecule has 2 atom stereocenters. The molecule has 5 N–H and O–H groups in total. The van der Waals surface area contributed by atoms with E-state index in [0.717, 1.165) is 24.9 Å². The van der Waals surface area contributed by atoms with Gasteiger partial charge in [0.15, 0.2) is 0 Å². The maximum atomic E-state index is 12.2. The Labute approximate surface area is 136 Å². The SMILES string of the molecule is CC1NCCCC1NC(=O)c1ccc(CNC(N)=O)cc1.Cl. The highest BCUT2D eigenvalue weighted by Gasteiger charge is 2.22. The van der Waals surface area contributed by atoms with Gasteiger partial charge in [0.1, 0.15) is 0 Å². The molecule has 22 heavy (non-hydrogen) atoms. The van der Waals surface area contributed by atoms with Gasteiger partial charge in [-0.2, -0.15) is 0 Å². The van der Waals surface area contributed by atoms with Crippen LogP contribution >= 0.6 is 12.4 Å². The van der Waals surface area contributed by atoms with Crippen molar-refractivity contribution in [1.82, 2.24) is 16.0 Å². The van der Waals surface area contributed by atoms with Gasteiger partial charge in [-0.05, 0) is 44.0 Å². The Morgan fingerprint density at radius 1 is 1.32 bits per heavy atom. The third-order valence-electron chi connectivity index (χ3n) is 3.76. The molecule has 7 heteroatoms. The van der Waals surface area contributed by atoms with E-state index in [9.17, 15) is 9.59 Å². The molecule has 1 aliphatic rings.